The summed E-state index contributed by atoms with van der Waals surface area (Å²) in [6, 6.07) is 9.58. The van der Waals surface area contributed by atoms with Crippen molar-refractivity contribution in [2.45, 2.75) is 67.3 Å². The number of nitrogens with one attached hydrogen (secondary N) is 1. The molecule has 0 fully saturated rings. The van der Waals surface area contributed by atoms with E-state index >= 15 is 0 Å². The average Bonchev–Trinajstić information content (AvgIpc) is 3.31. The lowest BCUT2D eigenvalue weighted by molar-refractivity contribution is 0.0910. The van der Waals surface area contributed by atoms with Gasteiger partial charge in [0, 0.05) is 24.2 Å². The predicted octanol–water partition coefficient (Wildman–Crippen LogP) is 4.98. The van der Waals surface area contributed by atoms with Gasteiger partial charge >= 0.3 is 0 Å². The highest BCUT2D eigenvalue weighted by Crippen LogP contribution is 2.24. The van der Waals surface area contributed by atoms with E-state index in [1.54, 1.807) is 6.92 Å². The molecule has 1 aromatic carbocycles. The number of carbonyl (C=O) groups is 1. The first-order chi connectivity index (χ1) is 14.5. The number of aromatic nitrogens is 4. The molecule has 0 radical (unpaired) electrons. The Balaban J connectivity index is 1.94. The number of hydrogen-bond acceptors (Lipinski definition) is 5. The van der Waals surface area contributed by atoms with Crippen molar-refractivity contribution >= 4 is 5.91 Å². The topological polar surface area (TPSA) is 85.8 Å². The van der Waals surface area contributed by atoms with Gasteiger partial charge in [0.1, 0.15) is 5.69 Å². The van der Waals surface area contributed by atoms with E-state index in [-0.39, 0.29) is 17.4 Å². The highest BCUT2D eigenvalue weighted by Gasteiger charge is 2.23. The van der Waals surface area contributed by atoms with Crippen molar-refractivity contribution in [3.8, 4) is 17.3 Å². The maximum Gasteiger partial charge on any atom is 0.268 e. The second kappa shape index (κ2) is 9.04. The molecule has 0 unspecified atom stereocenters. The highest BCUT2D eigenvalue weighted by atomic mass is 16.4. The third-order valence-electron chi connectivity index (χ3n) is 5.51. The standard InChI is InChI=1S/C24H33N5O2/c1-15(2)11-12-20-14-21(23-27-26-17(4)31-23)28-29(20)19-10-8-9-18(13-19)22(30)25-16(3)24(5,6)7/h8-10,13-16H,11-12H2,1-7H3,(H,25,30)/t16-/m0/s1. The second-order valence-electron chi connectivity index (χ2n) is 9.60. The van der Waals surface area contributed by atoms with Gasteiger partial charge in [0.05, 0.1) is 5.69 Å². The maximum absolute atomic E-state index is 12.8. The number of benzene rings is 1. The molecule has 0 aliphatic rings. The van der Waals surface area contributed by atoms with Crippen LogP contribution in [0.2, 0.25) is 0 Å². The summed E-state index contributed by atoms with van der Waals surface area (Å²) in [5, 5.41) is 15.9. The Morgan fingerprint density at radius 2 is 1.90 bits per heavy atom. The summed E-state index contributed by atoms with van der Waals surface area (Å²) in [7, 11) is 0. The summed E-state index contributed by atoms with van der Waals surface area (Å²) in [5.41, 5.74) is 3.10. The Morgan fingerprint density at radius 1 is 1.16 bits per heavy atom. The Kier molecular flexibility index (Phi) is 6.62. The van der Waals surface area contributed by atoms with Gasteiger partial charge in [-0.3, -0.25) is 4.79 Å². The van der Waals surface area contributed by atoms with Crippen LogP contribution in [-0.2, 0) is 6.42 Å². The quantitative estimate of drug-likeness (QED) is 0.579. The summed E-state index contributed by atoms with van der Waals surface area (Å²) >= 11 is 0. The molecule has 3 aromatic rings. The zero-order valence-corrected chi connectivity index (χ0v) is 19.6. The number of carbonyl (C=O) groups excluding carboxylic acids is 1. The van der Waals surface area contributed by atoms with Gasteiger partial charge in [-0.1, -0.05) is 40.7 Å². The molecule has 2 aromatic heterocycles. The smallest absolute Gasteiger partial charge is 0.268 e. The lowest BCUT2D eigenvalue weighted by Crippen LogP contribution is -2.41. The second-order valence-corrected chi connectivity index (χ2v) is 9.60. The summed E-state index contributed by atoms with van der Waals surface area (Å²) < 4.78 is 7.45. The van der Waals surface area contributed by atoms with Gasteiger partial charge in [-0.15, -0.1) is 10.2 Å². The lowest BCUT2D eigenvalue weighted by Gasteiger charge is -2.28. The fourth-order valence-electron chi connectivity index (χ4n) is 3.04. The molecule has 2 heterocycles. The molecule has 1 N–H and O–H groups in total. The van der Waals surface area contributed by atoms with Crippen molar-refractivity contribution in [1.82, 2.24) is 25.3 Å². The number of amides is 1. The van der Waals surface area contributed by atoms with E-state index < -0.39 is 0 Å². The first-order valence-electron chi connectivity index (χ1n) is 10.9. The molecule has 166 valence electrons. The Morgan fingerprint density at radius 3 is 2.52 bits per heavy atom. The first kappa shape index (κ1) is 22.7. The zero-order chi connectivity index (χ0) is 22.8. The summed E-state index contributed by atoms with van der Waals surface area (Å²) in [4.78, 5) is 12.8. The Hall–Kier alpha value is -2.96. The summed E-state index contributed by atoms with van der Waals surface area (Å²) in [6.45, 7) is 14.5. The van der Waals surface area contributed by atoms with Crippen LogP contribution >= 0.6 is 0 Å². The summed E-state index contributed by atoms with van der Waals surface area (Å²) in [6.07, 6.45) is 1.88. The molecule has 7 nitrogen and oxygen atoms in total. The van der Waals surface area contributed by atoms with Crippen molar-refractivity contribution in [3.63, 3.8) is 0 Å². The summed E-state index contributed by atoms with van der Waals surface area (Å²) in [5.74, 6) is 1.37. The molecule has 1 amide bonds. The van der Waals surface area contributed by atoms with Crippen molar-refractivity contribution < 1.29 is 9.21 Å². The molecular weight excluding hydrogens is 390 g/mol. The van der Waals surface area contributed by atoms with E-state index in [4.69, 9.17) is 9.52 Å². The number of aryl methyl sites for hydroxylation is 2. The molecule has 0 saturated heterocycles. The van der Waals surface area contributed by atoms with Crippen molar-refractivity contribution in [1.29, 1.82) is 0 Å². The number of nitrogens with zero attached hydrogens (tertiary/aromatic N) is 4. The van der Waals surface area contributed by atoms with E-state index in [2.05, 4.69) is 50.1 Å². The monoisotopic (exact) mass is 423 g/mol. The molecule has 0 aliphatic heterocycles. The van der Waals surface area contributed by atoms with Gasteiger partial charge in [-0.25, -0.2) is 4.68 Å². The highest BCUT2D eigenvalue weighted by molar-refractivity contribution is 5.95. The molecule has 0 saturated carbocycles. The minimum Gasteiger partial charge on any atom is -0.420 e. The molecule has 0 bridgehead atoms. The van der Waals surface area contributed by atoms with E-state index in [1.807, 2.05) is 41.9 Å². The largest absolute Gasteiger partial charge is 0.420 e. The minimum absolute atomic E-state index is 0.0175. The van der Waals surface area contributed by atoms with Crippen LogP contribution in [0.3, 0.4) is 0 Å². The molecule has 7 heteroatoms. The molecular formula is C24H33N5O2. The molecule has 0 aliphatic carbocycles. The number of hydrogen-bond donors (Lipinski definition) is 1. The zero-order valence-electron chi connectivity index (χ0n) is 19.6. The van der Waals surface area contributed by atoms with Gasteiger partial charge in [-0.05, 0) is 55.4 Å². The van der Waals surface area contributed by atoms with Crippen LogP contribution in [0.15, 0.2) is 34.7 Å². The van der Waals surface area contributed by atoms with E-state index in [0.29, 0.717) is 29.0 Å². The van der Waals surface area contributed by atoms with Crippen molar-refractivity contribution in [3.05, 3.63) is 47.5 Å². The Labute approximate surface area is 184 Å². The van der Waals surface area contributed by atoms with Crippen LogP contribution in [0.1, 0.15) is 69.9 Å². The average molecular weight is 424 g/mol. The van der Waals surface area contributed by atoms with Gasteiger partial charge in [0.2, 0.25) is 5.89 Å². The first-order valence-corrected chi connectivity index (χ1v) is 10.9. The predicted molar refractivity (Wildman–Crippen MR) is 121 cm³/mol. The third-order valence-corrected chi connectivity index (χ3v) is 5.51. The third kappa shape index (κ3) is 5.60. The van der Waals surface area contributed by atoms with Crippen LogP contribution in [-0.4, -0.2) is 31.9 Å². The van der Waals surface area contributed by atoms with Crippen molar-refractivity contribution in [2.75, 3.05) is 0 Å². The van der Waals surface area contributed by atoms with E-state index in [0.717, 1.165) is 24.2 Å². The number of rotatable bonds is 7. The van der Waals surface area contributed by atoms with Crippen LogP contribution in [0.5, 0.6) is 0 Å². The van der Waals surface area contributed by atoms with Crippen LogP contribution in [0.4, 0.5) is 0 Å². The van der Waals surface area contributed by atoms with Gasteiger partial charge in [-0.2, -0.15) is 5.10 Å². The Bertz CT molecular complexity index is 1040. The SMILES string of the molecule is Cc1nnc(-c2cc(CCC(C)C)n(-c3cccc(C(=O)N[C@@H](C)C(C)(C)C)c3)n2)o1. The van der Waals surface area contributed by atoms with Crippen LogP contribution in [0.25, 0.3) is 17.3 Å². The van der Waals surface area contributed by atoms with Gasteiger partial charge in [0.15, 0.2) is 0 Å². The van der Waals surface area contributed by atoms with E-state index in [1.165, 1.54) is 0 Å². The normalized spacial score (nSPS) is 12.9. The van der Waals surface area contributed by atoms with Crippen LogP contribution < -0.4 is 5.32 Å². The molecule has 3 rings (SSSR count). The van der Waals surface area contributed by atoms with Gasteiger partial charge < -0.3 is 9.73 Å². The minimum atomic E-state index is -0.0899. The lowest BCUT2D eigenvalue weighted by atomic mass is 9.88. The fourth-order valence-corrected chi connectivity index (χ4v) is 3.04. The maximum atomic E-state index is 12.8. The molecule has 0 spiro atoms. The molecule has 31 heavy (non-hydrogen) atoms. The fraction of sp³-hybridized carbons (Fsp3) is 0.500. The van der Waals surface area contributed by atoms with Gasteiger partial charge in [0.25, 0.3) is 11.8 Å². The van der Waals surface area contributed by atoms with Crippen LogP contribution in [0, 0.1) is 18.3 Å². The molecule has 1 atom stereocenters. The van der Waals surface area contributed by atoms with Crippen molar-refractivity contribution in [2.24, 2.45) is 11.3 Å². The van der Waals surface area contributed by atoms with E-state index in [9.17, 15) is 4.79 Å².